The van der Waals surface area contributed by atoms with Gasteiger partial charge in [-0.05, 0) is 30.2 Å². The number of rotatable bonds is 6. The molecular formula is C23H19F2N3O4. The van der Waals surface area contributed by atoms with Crippen LogP contribution in [0.25, 0.3) is 22.0 Å². The molecule has 4 rings (SSSR count). The van der Waals surface area contributed by atoms with Gasteiger partial charge in [-0.25, -0.2) is 13.6 Å². The third-order valence-electron chi connectivity index (χ3n) is 5.04. The molecule has 0 saturated carbocycles. The molecule has 0 amide bonds. The molecule has 0 bridgehead atoms. The van der Waals surface area contributed by atoms with Gasteiger partial charge in [-0.1, -0.05) is 25.1 Å². The molecule has 2 heterocycles. The highest BCUT2D eigenvalue weighted by atomic mass is 19.1. The first-order valence-electron chi connectivity index (χ1n) is 9.91. The van der Waals surface area contributed by atoms with Gasteiger partial charge in [-0.15, -0.1) is 0 Å². The minimum atomic E-state index is -1.71. The van der Waals surface area contributed by atoms with E-state index in [0.29, 0.717) is 5.56 Å². The zero-order chi connectivity index (χ0) is 22.8. The molecule has 0 aliphatic heterocycles. The van der Waals surface area contributed by atoms with E-state index in [4.69, 9.17) is 5.11 Å². The maximum absolute atomic E-state index is 14.9. The summed E-state index contributed by atoms with van der Waals surface area (Å²) in [7, 11) is 0. The highest BCUT2D eigenvalue weighted by Crippen LogP contribution is 2.24. The van der Waals surface area contributed by atoms with Crippen molar-refractivity contribution in [1.82, 2.24) is 14.3 Å². The van der Waals surface area contributed by atoms with Gasteiger partial charge in [0.2, 0.25) is 5.43 Å². The van der Waals surface area contributed by atoms with Crippen molar-refractivity contribution in [3.05, 3.63) is 82.4 Å². The van der Waals surface area contributed by atoms with Crippen molar-refractivity contribution in [2.24, 2.45) is 0 Å². The summed E-state index contributed by atoms with van der Waals surface area (Å²) >= 11 is 0. The van der Waals surface area contributed by atoms with E-state index in [0.717, 1.165) is 30.8 Å². The largest absolute Gasteiger partial charge is 0.511 e. The van der Waals surface area contributed by atoms with E-state index in [1.807, 2.05) is 13.1 Å². The van der Waals surface area contributed by atoms with Crippen LogP contribution in [0.4, 0.5) is 13.6 Å². The van der Waals surface area contributed by atoms with Gasteiger partial charge in [0, 0.05) is 23.9 Å². The number of carboxylic acid groups (broad SMARTS) is 1. The van der Waals surface area contributed by atoms with Gasteiger partial charge in [-0.3, -0.25) is 9.48 Å². The maximum Gasteiger partial charge on any atom is 0.511 e. The Labute approximate surface area is 181 Å². The Kier molecular flexibility index (Phi) is 5.72. The number of halogens is 2. The molecule has 0 radical (unpaired) electrons. The Morgan fingerprint density at radius 2 is 1.94 bits per heavy atom. The van der Waals surface area contributed by atoms with E-state index in [1.54, 1.807) is 23.0 Å². The molecule has 32 heavy (non-hydrogen) atoms. The Bertz CT molecular complexity index is 1380. The van der Waals surface area contributed by atoms with Gasteiger partial charge in [0.1, 0.15) is 11.6 Å². The summed E-state index contributed by atoms with van der Waals surface area (Å²) in [6, 6.07) is 8.71. The molecule has 164 valence electrons. The van der Waals surface area contributed by atoms with E-state index < -0.39 is 29.0 Å². The molecule has 0 unspecified atom stereocenters. The second kappa shape index (κ2) is 8.62. The third kappa shape index (κ3) is 4.09. The van der Waals surface area contributed by atoms with Crippen LogP contribution in [0.5, 0.6) is 5.75 Å². The van der Waals surface area contributed by atoms with Crippen LogP contribution in [-0.4, -0.2) is 25.6 Å². The molecule has 0 saturated heterocycles. The van der Waals surface area contributed by atoms with Crippen molar-refractivity contribution in [3.63, 3.8) is 0 Å². The summed E-state index contributed by atoms with van der Waals surface area (Å²) in [5.41, 5.74) is 0.996. The molecule has 4 aromatic rings. The zero-order valence-corrected chi connectivity index (χ0v) is 17.1. The number of benzene rings is 2. The second-order valence-electron chi connectivity index (χ2n) is 7.25. The maximum atomic E-state index is 14.9. The summed E-state index contributed by atoms with van der Waals surface area (Å²) in [5.74, 6) is -1.89. The smallest absolute Gasteiger partial charge is 0.449 e. The van der Waals surface area contributed by atoms with Crippen molar-refractivity contribution in [1.29, 1.82) is 0 Å². The number of aromatic nitrogens is 3. The van der Waals surface area contributed by atoms with Gasteiger partial charge in [0.15, 0.2) is 5.75 Å². The quantitative estimate of drug-likeness (QED) is 0.442. The van der Waals surface area contributed by atoms with Crippen LogP contribution in [0.3, 0.4) is 0 Å². The van der Waals surface area contributed by atoms with E-state index in [-0.39, 0.29) is 23.0 Å². The molecular weight excluding hydrogens is 420 g/mol. The van der Waals surface area contributed by atoms with Crippen LogP contribution in [0.2, 0.25) is 0 Å². The number of hydrogen-bond donors (Lipinski definition) is 1. The van der Waals surface area contributed by atoms with Crippen LogP contribution in [0, 0.1) is 11.6 Å². The van der Waals surface area contributed by atoms with E-state index >= 15 is 0 Å². The molecule has 0 aliphatic rings. The van der Waals surface area contributed by atoms with Gasteiger partial charge in [0.05, 0.1) is 29.8 Å². The number of hydrogen-bond acceptors (Lipinski definition) is 4. The SMILES string of the molecule is CCCn1cc(-c2ccc(Cn3cc(OC(=O)O)c(=O)c4c(F)cccc43)c(F)c2)cn1. The number of fused-ring (bicyclic) bond motifs is 1. The molecule has 0 fully saturated rings. The molecule has 9 heteroatoms. The zero-order valence-electron chi connectivity index (χ0n) is 17.1. The van der Waals surface area contributed by atoms with Crippen molar-refractivity contribution in [2.45, 2.75) is 26.4 Å². The molecule has 0 aliphatic carbocycles. The van der Waals surface area contributed by atoms with Gasteiger partial charge < -0.3 is 14.4 Å². The summed E-state index contributed by atoms with van der Waals surface area (Å²) in [6.45, 7) is 2.73. The Hall–Kier alpha value is -4.01. The lowest BCUT2D eigenvalue weighted by atomic mass is 10.1. The summed E-state index contributed by atoms with van der Waals surface area (Å²) in [5, 5.41) is 12.8. The Morgan fingerprint density at radius 1 is 1.12 bits per heavy atom. The van der Waals surface area contributed by atoms with Gasteiger partial charge in [0.25, 0.3) is 0 Å². The van der Waals surface area contributed by atoms with Crippen LogP contribution in [-0.2, 0) is 13.1 Å². The van der Waals surface area contributed by atoms with E-state index in [9.17, 15) is 18.4 Å². The topological polar surface area (TPSA) is 86.4 Å². The normalized spacial score (nSPS) is 11.1. The van der Waals surface area contributed by atoms with Crippen LogP contribution >= 0.6 is 0 Å². The van der Waals surface area contributed by atoms with Crippen molar-refractivity contribution in [3.8, 4) is 16.9 Å². The highest BCUT2D eigenvalue weighted by Gasteiger charge is 2.17. The number of nitrogens with zero attached hydrogens (tertiary/aromatic N) is 3. The van der Waals surface area contributed by atoms with Crippen molar-refractivity contribution < 1.29 is 23.4 Å². The highest BCUT2D eigenvalue weighted by molar-refractivity contribution is 5.81. The first-order valence-corrected chi connectivity index (χ1v) is 9.91. The van der Waals surface area contributed by atoms with Crippen LogP contribution < -0.4 is 10.2 Å². The lowest BCUT2D eigenvalue weighted by molar-refractivity contribution is 0.143. The standard InChI is InChI=1S/C23H19F2N3O4/c1-2-8-28-12-16(10-26-28)14-6-7-15(18(25)9-14)11-27-13-20(32-23(30)31)22(29)21-17(24)4-3-5-19(21)27/h3-7,9-10,12-13H,2,8,11H2,1H3,(H,30,31). The predicted octanol–water partition coefficient (Wildman–Crippen LogP) is 4.66. The van der Waals surface area contributed by atoms with E-state index in [2.05, 4.69) is 9.84 Å². The summed E-state index contributed by atoms with van der Waals surface area (Å²) in [4.78, 5) is 23.4. The first-order chi connectivity index (χ1) is 15.4. The fourth-order valence-corrected chi connectivity index (χ4v) is 3.57. The average Bonchev–Trinajstić information content (AvgIpc) is 3.21. The number of carbonyl (C=O) groups is 1. The number of ether oxygens (including phenoxy) is 1. The lowest BCUT2D eigenvalue weighted by Gasteiger charge is -2.14. The molecule has 1 N–H and O–H groups in total. The van der Waals surface area contributed by atoms with Crippen LogP contribution in [0.1, 0.15) is 18.9 Å². The first kappa shape index (κ1) is 21.2. The third-order valence-corrected chi connectivity index (χ3v) is 5.04. The van der Waals surface area contributed by atoms with Gasteiger partial charge in [-0.2, -0.15) is 5.10 Å². The fourth-order valence-electron chi connectivity index (χ4n) is 3.57. The molecule has 7 nitrogen and oxygen atoms in total. The number of aryl methyl sites for hydroxylation is 1. The predicted molar refractivity (Wildman–Crippen MR) is 114 cm³/mol. The summed E-state index contributed by atoms with van der Waals surface area (Å²) < 4.78 is 37.0. The Morgan fingerprint density at radius 3 is 2.66 bits per heavy atom. The monoisotopic (exact) mass is 439 g/mol. The van der Waals surface area contributed by atoms with Gasteiger partial charge >= 0.3 is 6.16 Å². The summed E-state index contributed by atoms with van der Waals surface area (Å²) in [6.07, 6.45) is 3.86. The molecule has 2 aromatic carbocycles. The second-order valence-corrected chi connectivity index (χ2v) is 7.25. The fraction of sp³-hybridized carbons (Fsp3) is 0.174. The van der Waals surface area contributed by atoms with Crippen molar-refractivity contribution >= 4 is 17.1 Å². The minimum absolute atomic E-state index is 0.0720. The van der Waals surface area contributed by atoms with Crippen LogP contribution in [0.15, 0.2) is 59.8 Å². The lowest BCUT2D eigenvalue weighted by Crippen LogP contribution is -2.17. The number of pyridine rings is 1. The Balaban J connectivity index is 1.74. The van der Waals surface area contributed by atoms with E-state index in [1.165, 1.54) is 22.8 Å². The average molecular weight is 439 g/mol. The molecule has 0 atom stereocenters. The van der Waals surface area contributed by atoms with Crippen molar-refractivity contribution in [2.75, 3.05) is 0 Å². The molecule has 0 spiro atoms. The minimum Gasteiger partial charge on any atom is -0.449 e. The molecule has 2 aromatic heterocycles.